The number of rotatable bonds is 12. The molecular formula is C38H40ClFN6O4S. The third-order valence-corrected chi connectivity index (χ3v) is 11.9. The minimum atomic E-state index is -1.68. The second-order valence-corrected chi connectivity index (χ2v) is 15.8. The number of nitrogens with one attached hydrogen (secondary N) is 1. The highest BCUT2D eigenvalue weighted by molar-refractivity contribution is 8.36. The number of ether oxygens (including phenoxy) is 1. The fraction of sp³-hybridized carbons (Fsp3) is 0.289. The van der Waals surface area contributed by atoms with Crippen molar-refractivity contribution in [3.05, 3.63) is 123 Å². The molecule has 0 saturated carbocycles. The molecule has 0 aliphatic carbocycles. The van der Waals surface area contributed by atoms with Crippen molar-refractivity contribution in [3.63, 3.8) is 0 Å². The van der Waals surface area contributed by atoms with Gasteiger partial charge in [0.25, 0.3) is 5.91 Å². The van der Waals surface area contributed by atoms with Crippen molar-refractivity contribution in [1.29, 1.82) is 0 Å². The van der Waals surface area contributed by atoms with Crippen LogP contribution in [0.3, 0.4) is 0 Å². The average Bonchev–Trinajstić information content (AvgIpc) is 3.55. The lowest BCUT2D eigenvalue weighted by molar-refractivity contribution is -0.0591. The predicted octanol–water partition coefficient (Wildman–Crippen LogP) is 8.75. The van der Waals surface area contributed by atoms with E-state index in [-0.39, 0.29) is 17.8 Å². The van der Waals surface area contributed by atoms with Crippen LogP contribution in [0.2, 0.25) is 5.02 Å². The molecule has 4 aromatic rings. The maximum atomic E-state index is 13.1. The SMILES string of the molecule is C=NCc1ccc(Cl)cc1F.CS1(N=O)c2ccc(NC(=O)c3ccc4c(c3)nc(CN3CC=C(C/C=C\C=C\O)CC3)n4CC3CCO3)cc21. The molecule has 0 spiro atoms. The number of nitroso groups, excluding NO2 is 1. The minimum Gasteiger partial charge on any atom is -0.516 e. The monoisotopic (exact) mass is 730 g/mol. The van der Waals surface area contributed by atoms with Crippen LogP contribution in [0.5, 0.6) is 0 Å². The Bertz CT molecular complexity index is 2040. The summed E-state index contributed by atoms with van der Waals surface area (Å²) in [6.45, 7) is 7.64. The summed E-state index contributed by atoms with van der Waals surface area (Å²) in [4.78, 5) is 37.2. The van der Waals surface area contributed by atoms with Crippen molar-refractivity contribution in [1.82, 2.24) is 14.5 Å². The van der Waals surface area contributed by atoms with E-state index in [1.807, 2.05) is 48.7 Å². The predicted molar refractivity (Wildman–Crippen MR) is 202 cm³/mol. The van der Waals surface area contributed by atoms with Crippen LogP contribution in [0.25, 0.3) is 11.0 Å². The molecule has 266 valence electrons. The Kier molecular flexibility index (Phi) is 11.5. The van der Waals surface area contributed by atoms with Gasteiger partial charge in [-0.1, -0.05) is 51.7 Å². The Balaban J connectivity index is 0.000000349. The van der Waals surface area contributed by atoms with Crippen molar-refractivity contribution in [2.45, 2.75) is 54.8 Å². The standard InChI is InChI=1S/C30H33N5O4S.C8H7ClFN/c1-40(33-38)27-9-7-23(18-28(27)40)31-30(37)22-6-8-26-25(17-22)32-29(35(26)19-24-12-16-39-24)20-34-13-10-21(11-14-34)5-3-2-4-15-36;1-11-5-6-2-3-7(9)4-8(6)10/h2-4,6-10,15,17-18,24,36H,5,11-14,16,19-20H2,1H3,(H,31,37);2-4H,1,5H2/b3-2-,15-4+;. The summed E-state index contributed by atoms with van der Waals surface area (Å²) in [7, 11) is -1.68. The van der Waals surface area contributed by atoms with Crippen LogP contribution < -0.4 is 5.32 Å². The van der Waals surface area contributed by atoms with E-state index in [0.29, 0.717) is 28.4 Å². The fourth-order valence-electron chi connectivity index (χ4n) is 6.12. The number of hydrogen-bond donors (Lipinski definition) is 2. The molecule has 2 unspecified atom stereocenters. The van der Waals surface area contributed by atoms with Gasteiger partial charge in [-0.05, 0) is 91.4 Å². The highest BCUT2D eigenvalue weighted by Crippen LogP contribution is 2.78. The van der Waals surface area contributed by atoms with E-state index in [0.717, 1.165) is 85.0 Å². The number of fused-ring (bicyclic) bond motifs is 2. The molecule has 1 saturated heterocycles. The first-order valence-corrected chi connectivity index (χ1v) is 19.0. The van der Waals surface area contributed by atoms with Crippen molar-refractivity contribution >= 4 is 51.2 Å². The summed E-state index contributed by atoms with van der Waals surface area (Å²) in [5, 5.41) is 12.1. The number of carbonyl (C=O) groups excluding carboxylic acids is 1. The summed E-state index contributed by atoms with van der Waals surface area (Å²) in [5.41, 5.74) is 4.90. The zero-order chi connectivity index (χ0) is 36.0. The fourth-order valence-corrected chi connectivity index (χ4v) is 8.26. The summed E-state index contributed by atoms with van der Waals surface area (Å²) >= 11 is 5.53. The van der Waals surface area contributed by atoms with Gasteiger partial charge in [0.05, 0.1) is 43.0 Å². The van der Waals surface area contributed by atoms with Gasteiger partial charge in [0, 0.05) is 51.3 Å². The zero-order valence-electron chi connectivity index (χ0n) is 28.3. The third kappa shape index (κ3) is 8.48. The maximum Gasteiger partial charge on any atom is 0.255 e. The largest absolute Gasteiger partial charge is 0.516 e. The van der Waals surface area contributed by atoms with E-state index < -0.39 is 10.2 Å². The normalized spacial score (nSPS) is 20.8. The number of hydrogen-bond acceptors (Lipinski definition) is 8. The minimum absolute atomic E-state index is 0.187. The molecule has 1 amide bonds. The van der Waals surface area contributed by atoms with Crippen LogP contribution in [0, 0.1) is 10.7 Å². The molecule has 3 aromatic carbocycles. The number of aromatic nitrogens is 2. The second-order valence-electron chi connectivity index (χ2n) is 12.6. The molecule has 3 aliphatic rings. The summed E-state index contributed by atoms with van der Waals surface area (Å²) in [5.74, 6) is 0.432. The number of halogens is 2. The van der Waals surface area contributed by atoms with Gasteiger partial charge >= 0.3 is 0 Å². The van der Waals surface area contributed by atoms with Crippen molar-refractivity contribution in [2.75, 3.05) is 31.3 Å². The van der Waals surface area contributed by atoms with Gasteiger partial charge in [-0.3, -0.25) is 14.7 Å². The van der Waals surface area contributed by atoms with Crippen LogP contribution in [-0.2, 0) is 24.4 Å². The highest BCUT2D eigenvalue weighted by atomic mass is 35.5. The van der Waals surface area contributed by atoms with Gasteiger partial charge in [-0.2, -0.15) is 0 Å². The molecule has 10 nitrogen and oxygen atoms in total. The number of aliphatic hydroxyl groups is 1. The topological polar surface area (TPSA) is 121 Å². The summed E-state index contributed by atoms with van der Waals surface area (Å²) in [6, 6.07) is 15.7. The second kappa shape index (κ2) is 16.2. The molecule has 4 heterocycles. The number of imidazole rings is 1. The lowest BCUT2D eigenvalue weighted by Gasteiger charge is -2.29. The smallest absolute Gasteiger partial charge is 0.255 e. The highest BCUT2D eigenvalue weighted by Gasteiger charge is 2.43. The van der Waals surface area contributed by atoms with Gasteiger partial charge in [-0.25, -0.2) is 9.37 Å². The number of allylic oxidation sites excluding steroid dienone is 3. The molecule has 2 atom stereocenters. The maximum absolute atomic E-state index is 13.1. The molecule has 3 aliphatic heterocycles. The Hall–Kier alpha value is -4.62. The Morgan fingerprint density at radius 3 is 2.73 bits per heavy atom. The molecule has 51 heavy (non-hydrogen) atoms. The lowest BCUT2D eigenvalue weighted by Crippen LogP contribution is -2.33. The molecular weight excluding hydrogens is 691 g/mol. The Morgan fingerprint density at radius 1 is 1.20 bits per heavy atom. The van der Waals surface area contributed by atoms with E-state index in [1.54, 1.807) is 18.2 Å². The number of aliphatic imine (C=N–C) groups is 1. The molecule has 1 fully saturated rings. The number of carbonyl (C=O) groups is 1. The molecule has 1 aromatic heterocycles. The number of anilines is 1. The number of benzene rings is 3. The molecule has 7 rings (SSSR count). The van der Waals surface area contributed by atoms with E-state index in [9.17, 15) is 14.1 Å². The quantitative estimate of drug-likeness (QED) is 0.0376. The van der Waals surface area contributed by atoms with Gasteiger partial charge in [-0.15, -0.1) is 4.91 Å². The molecule has 0 bridgehead atoms. The van der Waals surface area contributed by atoms with Crippen molar-refractivity contribution in [3.8, 4) is 0 Å². The van der Waals surface area contributed by atoms with E-state index in [1.165, 1.54) is 11.6 Å². The van der Waals surface area contributed by atoms with Crippen molar-refractivity contribution < 1.29 is 19.0 Å². The molecule has 2 N–H and O–H groups in total. The van der Waals surface area contributed by atoms with Gasteiger partial charge in [0.15, 0.2) is 0 Å². The first kappa shape index (κ1) is 36.2. The Labute approximate surface area is 302 Å². The number of nitrogens with zero attached hydrogens (tertiary/aromatic N) is 5. The zero-order valence-corrected chi connectivity index (χ0v) is 29.9. The van der Waals surface area contributed by atoms with Crippen LogP contribution in [0.15, 0.2) is 110 Å². The van der Waals surface area contributed by atoms with E-state index in [2.05, 4.69) is 43.2 Å². The van der Waals surface area contributed by atoms with E-state index >= 15 is 0 Å². The Morgan fingerprint density at radius 2 is 2.04 bits per heavy atom. The molecule has 0 radical (unpaired) electrons. The van der Waals surface area contributed by atoms with E-state index in [4.69, 9.17) is 26.4 Å². The number of amides is 1. The van der Waals surface area contributed by atoms with Crippen LogP contribution >= 0.6 is 21.8 Å². The first-order valence-electron chi connectivity index (χ1n) is 16.6. The van der Waals surface area contributed by atoms with Crippen LogP contribution in [0.1, 0.15) is 41.0 Å². The van der Waals surface area contributed by atoms with Gasteiger partial charge < -0.3 is 19.7 Å². The third-order valence-electron chi connectivity index (χ3n) is 9.20. The van der Waals surface area contributed by atoms with Gasteiger partial charge in [0.1, 0.15) is 11.6 Å². The van der Waals surface area contributed by atoms with Crippen LogP contribution in [0.4, 0.5) is 10.1 Å². The molecule has 13 heteroatoms. The van der Waals surface area contributed by atoms with Gasteiger partial charge in [0.2, 0.25) is 0 Å². The number of aliphatic hydroxyl groups excluding tert-OH is 1. The van der Waals surface area contributed by atoms with Crippen LogP contribution in [-0.4, -0.2) is 64.2 Å². The summed E-state index contributed by atoms with van der Waals surface area (Å²) < 4.78 is 24.2. The average molecular weight is 731 g/mol. The first-order chi connectivity index (χ1) is 24.7. The van der Waals surface area contributed by atoms with Crippen molar-refractivity contribution in [2.24, 2.45) is 9.57 Å². The summed E-state index contributed by atoms with van der Waals surface area (Å²) in [6.07, 6.45) is 13.8. The lowest BCUT2D eigenvalue weighted by atomic mass is 10.0.